The van der Waals surface area contributed by atoms with Gasteiger partial charge in [-0.05, 0) is 25.0 Å². The van der Waals surface area contributed by atoms with E-state index in [1.165, 1.54) is 0 Å². The van der Waals surface area contributed by atoms with Crippen molar-refractivity contribution in [3.63, 3.8) is 0 Å². The summed E-state index contributed by atoms with van der Waals surface area (Å²) >= 11 is 0. The molecule has 0 saturated heterocycles. The molecule has 4 rings (SSSR count). The molecule has 0 radical (unpaired) electrons. The van der Waals surface area contributed by atoms with Gasteiger partial charge in [0.15, 0.2) is 0 Å². The number of carbonyl (C=O) groups excluding carboxylic acids is 1. The second-order valence-corrected chi connectivity index (χ2v) is 5.89. The fourth-order valence-electron chi connectivity index (χ4n) is 3.07. The number of aromatic amines is 2. The monoisotopic (exact) mass is 322 g/mol. The number of nitrogens with one attached hydrogen (secondary N) is 3. The first-order chi connectivity index (χ1) is 11.8. The van der Waals surface area contributed by atoms with Gasteiger partial charge < -0.3 is 15.4 Å². The van der Waals surface area contributed by atoms with Crippen molar-refractivity contribution < 1.29 is 9.90 Å². The smallest absolute Gasteiger partial charge is 0.251 e. The van der Waals surface area contributed by atoms with Gasteiger partial charge in [0.25, 0.3) is 5.91 Å². The summed E-state index contributed by atoms with van der Waals surface area (Å²) in [5, 5.41) is 22.0. The molecule has 0 saturated carbocycles. The lowest BCUT2D eigenvalue weighted by Crippen LogP contribution is -2.24. The van der Waals surface area contributed by atoms with Gasteiger partial charge in [-0.2, -0.15) is 5.10 Å². The normalized spacial score (nSPS) is 11.5. The lowest BCUT2D eigenvalue weighted by atomic mass is 10.1. The number of nitrogens with zero attached hydrogens (tertiary/aromatic N) is 1. The first-order valence-corrected chi connectivity index (χ1v) is 8.04. The molecule has 4 N–H and O–H groups in total. The Morgan fingerprint density at radius 3 is 2.88 bits per heavy atom. The Morgan fingerprint density at radius 1 is 1.12 bits per heavy atom. The topological polar surface area (TPSA) is 93.8 Å². The SMILES string of the molecule is O=C(NCCCCO)c1ccc2c(c1)[nH]c1c2ccc2cn[nH]c21. The molecule has 0 aliphatic carbocycles. The van der Waals surface area contributed by atoms with Crippen molar-refractivity contribution in [3.8, 4) is 0 Å². The van der Waals surface area contributed by atoms with Crippen LogP contribution in [0.3, 0.4) is 0 Å². The Hall–Kier alpha value is -2.86. The molecule has 0 atom stereocenters. The molecule has 24 heavy (non-hydrogen) atoms. The molecule has 122 valence electrons. The van der Waals surface area contributed by atoms with Gasteiger partial charge >= 0.3 is 0 Å². The zero-order chi connectivity index (χ0) is 16.5. The number of H-pyrrole nitrogens is 2. The lowest BCUT2D eigenvalue weighted by Gasteiger charge is -2.04. The average Bonchev–Trinajstić information content (AvgIpc) is 3.21. The van der Waals surface area contributed by atoms with Crippen LogP contribution in [-0.2, 0) is 0 Å². The van der Waals surface area contributed by atoms with E-state index in [0.717, 1.165) is 39.1 Å². The third-order valence-corrected chi connectivity index (χ3v) is 4.32. The highest BCUT2D eigenvalue weighted by Gasteiger charge is 2.11. The Labute approximate surface area is 137 Å². The molecule has 2 aromatic carbocycles. The van der Waals surface area contributed by atoms with Crippen molar-refractivity contribution in [3.05, 3.63) is 42.1 Å². The Kier molecular flexibility index (Phi) is 3.66. The third-order valence-electron chi connectivity index (χ3n) is 4.32. The van der Waals surface area contributed by atoms with Crippen molar-refractivity contribution in [1.82, 2.24) is 20.5 Å². The molecule has 4 aromatic rings. The second-order valence-electron chi connectivity index (χ2n) is 5.89. The van der Waals surface area contributed by atoms with Crippen LogP contribution in [0.4, 0.5) is 0 Å². The van der Waals surface area contributed by atoms with E-state index in [1.807, 2.05) is 24.3 Å². The van der Waals surface area contributed by atoms with Crippen molar-refractivity contribution in [2.45, 2.75) is 12.8 Å². The number of hydrogen-bond donors (Lipinski definition) is 4. The molecule has 6 heteroatoms. The summed E-state index contributed by atoms with van der Waals surface area (Å²) in [6, 6.07) is 9.79. The molecule has 1 amide bonds. The van der Waals surface area contributed by atoms with Gasteiger partial charge in [0.2, 0.25) is 0 Å². The number of fused-ring (bicyclic) bond motifs is 5. The van der Waals surface area contributed by atoms with Gasteiger partial charge in [0.05, 0.1) is 17.2 Å². The van der Waals surface area contributed by atoms with Crippen molar-refractivity contribution >= 4 is 38.6 Å². The van der Waals surface area contributed by atoms with E-state index in [4.69, 9.17) is 5.11 Å². The molecular formula is C18H18N4O2. The minimum atomic E-state index is -0.0971. The molecule has 0 spiro atoms. The second kappa shape index (κ2) is 5.98. The van der Waals surface area contributed by atoms with Gasteiger partial charge in [-0.1, -0.05) is 18.2 Å². The van der Waals surface area contributed by atoms with E-state index in [-0.39, 0.29) is 12.5 Å². The Bertz CT molecular complexity index is 1030. The average molecular weight is 322 g/mol. The van der Waals surface area contributed by atoms with Crippen molar-refractivity contribution in [1.29, 1.82) is 0 Å². The first kappa shape index (κ1) is 14.7. The predicted molar refractivity (Wildman–Crippen MR) is 94.1 cm³/mol. The van der Waals surface area contributed by atoms with Crippen LogP contribution in [0.25, 0.3) is 32.7 Å². The summed E-state index contributed by atoms with van der Waals surface area (Å²) in [4.78, 5) is 15.6. The highest BCUT2D eigenvalue weighted by atomic mass is 16.2. The maximum atomic E-state index is 12.2. The van der Waals surface area contributed by atoms with Crippen molar-refractivity contribution in [2.75, 3.05) is 13.2 Å². The number of aliphatic hydroxyl groups excluding tert-OH is 1. The summed E-state index contributed by atoms with van der Waals surface area (Å²) in [7, 11) is 0. The summed E-state index contributed by atoms with van der Waals surface area (Å²) in [5.41, 5.74) is 3.52. The van der Waals surface area contributed by atoms with E-state index >= 15 is 0 Å². The number of rotatable bonds is 5. The Morgan fingerprint density at radius 2 is 2.00 bits per heavy atom. The van der Waals surface area contributed by atoms with E-state index < -0.39 is 0 Å². The van der Waals surface area contributed by atoms with E-state index in [2.05, 4.69) is 26.6 Å². The predicted octanol–water partition coefficient (Wildman–Crippen LogP) is 2.70. The number of aliphatic hydroxyl groups is 1. The molecule has 0 aliphatic rings. The van der Waals surface area contributed by atoms with E-state index in [9.17, 15) is 4.79 Å². The van der Waals surface area contributed by atoms with Crippen LogP contribution in [0, 0.1) is 0 Å². The van der Waals surface area contributed by atoms with Crippen LogP contribution >= 0.6 is 0 Å². The van der Waals surface area contributed by atoms with E-state index in [1.54, 1.807) is 6.20 Å². The summed E-state index contributed by atoms with van der Waals surface area (Å²) < 4.78 is 0. The minimum absolute atomic E-state index is 0.0971. The summed E-state index contributed by atoms with van der Waals surface area (Å²) in [6.45, 7) is 0.720. The minimum Gasteiger partial charge on any atom is -0.396 e. The molecular weight excluding hydrogens is 304 g/mol. The molecule has 0 bridgehead atoms. The largest absolute Gasteiger partial charge is 0.396 e. The maximum absolute atomic E-state index is 12.2. The number of carbonyl (C=O) groups is 1. The van der Waals surface area contributed by atoms with Gasteiger partial charge in [0.1, 0.15) is 0 Å². The number of unbranched alkanes of at least 4 members (excludes halogenated alkanes) is 1. The Balaban J connectivity index is 1.70. The molecule has 0 aliphatic heterocycles. The number of amides is 1. The first-order valence-electron chi connectivity index (χ1n) is 8.04. The van der Waals surface area contributed by atoms with Crippen LogP contribution < -0.4 is 5.32 Å². The summed E-state index contributed by atoms with van der Waals surface area (Å²) in [5.74, 6) is -0.0971. The van der Waals surface area contributed by atoms with Crippen LogP contribution in [0.5, 0.6) is 0 Å². The van der Waals surface area contributed by atoms with Crippen LogP contribution in [0.2, 0.25) is 0 Å². The van der Waals surface area contributed by atoms with Gasteiger partial charge in [-0.25, -0.2) is 0 Å². The lowest BCUT2D eigenvalue weighted by molar-refractivity contribution is 0.0952. The number of benzene rings is 2. The maximum Gasteiger partial charge on any atom is 0.251 e. The molecule has 6 nitrogen and oxygen atoms in total. The van der Waals surface area contributed by atoms with Gasteiger partial charge in [-0.15, -0.1) is 0 Å². The third kappa shape index (κ3) is 2.41. The quantitative estimate of drug-likeness (QED) is 0.426. The highest BCUT2D eigenvalue weighted by Crippen LogP contribution is 2.30. The van der Waals surface area contributed by atoms with Crippen LogP contribution in [0.1, 0.15) is 23.2 Å². The molecule has 2 heterocycles. The fourth-order valence-corrected chi connectivity index (χ4v) is 3.07. The van der Waals surface area contributed by atoms with E-state index in [0.29, 0.717) is 18.5 Å². The zero-order valence-electron chi connectivity index (χ0n) is 13.1. The van der Waals surface area contributed by atoms with Crippen molar-refractivity contribution in [2.24, 2.45) is 0 Å². The molecule has 0 unspecified atom stereocenters. The molecule has 2 aromatic heterocycles. The molecule has 0 fully saturated rings. The number of aromatic nitrogens is 3. The number of hydrogen-bond acceptors (Lipinski definition) is 3. The standard InChI is InChI=1S/C18H18N4O2/c23-8-2-1-7-19-18(24)11-3-5-13-14-6-4-12-10-20-22-16(12)17(14)21-15(13)9-11/h3-6,9-10,21,23H,1-2,7-8H2,(H,19,24)(H,20,22). The summed E-state index contributed by atoms with van der Waals surface area (Å²) in [6.07, 6.45) is 3.27. The zero-order valence-corrected chi connectivity index (χ0v) is 13.1. The van der Waals surface area contributed by atoms with Gasteiger partial charge in [-0.3, -0.25) is 9.89 Å². The highest BCUT2D eigenvalue weighted by molar-refractivity contribution is 6.16. The fraction of sp³-hybridized carbons (Fsp3) is 0.222. The van der Waals surface area contributed by atoms with Gasteiger partial charge in [0, 0.05) is 40.4 Å². The van der Waals surface area contributed by atoms with Crippen LogP contribution in [0.15, 0.2) is 36.5 Å². The van der Waals surface area contributed by atoms with Crippen LogP contribution in [-0.4, -0.2) is 39.3 Å².